The number of para-hydroxylation sites is 3. The second-order valence-corrected chi connectivity index (χ2v) is 8.38. The van der Waals surface area contributed by atoms with Crippen molar-refractivity contribution in [3.63, 3.8) is 0 Å². The Morgan fingerprint density at radius 3 is 2.38 bits per heavy atom. The van der Waals surface area contributed by atoms with Crippen molar-refractivity contribution in [3.05, 3.63) is 126 Å². The van der Waals surface area contributed by atoms with Gasteiger partial charge in [0.05, 0.1) is 23.3 Å². The van der Waals surface area contributed by atoms with E-state index in [2.05, 4.69) is 58.5 Å². The molecule has 0 spiro atoms. The Balaban J connectivity index is 1.37. The Morgan fingerprint density at radius 2 is 1.53 bits per heavy atom. The van der Waals surface area contributed by atoms with E-state index in [4.69, 9.17) is 14.8 Å². The van der Waals surface area contributed by atoms with Gasteiger partial charge in [-0.1, -0.05) is 84.9 Å². The molecule has 1 aliphatic heterocycles. The number of imidazole rings is 1. The van der Waals surface area contributed by atoms with Crippen LogP contribution < -0.4 is 10.2 Å². The molecule has 1 N–H and O–H groups in total. The fourth-order valence-electron chi connectivity index (χ4n) is 4.45. The second-order valence-electron chi connectivity index (χ2n) is 8.38. The molecule has 6 rings (SSSR count). The zero-order valence-electron chi connectivity index (χ0n) is 18.6. The molecular formula is C29H24N4O. The first-order chi connectivity index (χ1) is 16.8. The van der Waals surface area contributed by atoms with Crippen molar-refractivity contribution in [2.24, 2.45) is 5.10 Å². The number of ether oxygens (including phenoxy) is 1. The molecule has 0 amide bonds. The van der Waals surface area contributed by atoms with Gasteiger partial charge < -0.3 is 9.30 Å². The average Bonchev–Trinajstić information content (AvgIpc) is 3.25. The maximum atomic E-state index is 6.32. The third-order valence-corrected chi connectivity index (χ3v) is 6.15. The van der Waals surface area contributed by atoms with Crippen molar-refractivity contribution < 1.29 is 4.74 Å². The molecule has 5 aromatic rings. The molecule has 0 radical (unpaired) electrons. The number of rotatable bonds is 5. The summed E-state index contributed by atoms with van der Waals surface area (Å²) in [5.41, 5.74) is 9.61. The third kappa shape index (κ3) is 3.92. The van der Waals surface area contributed by atoms with Crippen LogP contribution in [0.1, 0.15) is 29.2 Å². The van der Waals surface area contributed by atoms with E-state index < -0.39 is 0 Å². The number of anilines is 1. The Bertz CT molecular complexity index is 1460. The van der Waals surface area contributed by atoms with Gasteiger partial charge in [-0.3, -0.25) is 0 Å². The summed E-state index contributed by atoms with van der Waals surface area (Å²) < 4.78 is 8.50. The Labute approximate surface area is 198 Å². The zero-order valence-corrected chi connectivity index (χ0v) is 18.6. The van der Waals surface area contributed by atoms with Gasteiger partial charge in [0.2, 0.25) is 5.95 Å². The van der Waals surface area contributed by atoms with E-state index in [1.807, 2.05) is 60.7 Å². The van der Waals surface area contributed by atoms with Crippen LogP contribution in [0.25, 0.3) is 11.0 Å². The lowest BCUT2D eigenvalue weighted by Crippen LogP contribution is -2.22. The molecule has 4 aromatic carbocycles. The van der Waals surface area contributed by atoms with Gasteiger partial charge in [0.25, 0.3) is 0 Å². The molecule has 0 saturated carbocycles. The van der Waals surface area contributed by atoms with Gasteiger partial charge in [-0.15, -0.1) is 0 Å². The van der Waals surface area contributed by atoms with Crippen LogP contribution in [0.3, 0.4) is 0 Å². The number of aromatic nitrogens is 2. The molecule has 1 unspecified atom stereocenters. The van der Waals surface area contributed by atoms with E-state index in [-0.39, 0.29) is 6.10 Å². The van der Waals surface area contributed by atoms with Crippen LogP contribution in [0.5, 0.6) is 5.75 Å². The highest BCUT2D eigenvalue weighted by Gasteiger charge is 2.26. The molecule has 2 heterocycles. The minimum absolute atomic E-state index is 0.0835. The van der Waals surface area contributed by atoms with Crippen molar-refractivity contribution in [2.75, 3.05) is 5.43 Å². The molecule has 5 nitrogen and oxygen atoms in total. The Hall–Kier alpha value is -4.38. The predicted molar refractivity (Wildman–Crippen MR) is 136 cm³/mol. The molecular weight excluding hydrogens is 420 g/mol. The lowest BCUT2D eigenvalue weighted by atomic mass is 9.96. The van der Waals surface area contributed by atoms with Gasteiger partial charge in [0.1, 0.15) is 11.9 Å². The van der Waals surface area contributed by atoms with Crippen LogP contribution in [0.4, 0.5) is 5.95 Å². The number of nitrogens with zero attached hydrogens (tertiary/aromatic N) is 3. The van der Waals surface area contributed by atoms with Gasteiger partial charge in [0.15, 0.2) is 0 Å². The summed E-state index contributed by atoms with van der Waals surface area (Å²) in [5, 5.41) is 4.87. The van der Waals surface area contributed by atoms with Crippen LogP contribution in [0.2, 0.25) is 0 Å². The summed E-state index contributed by atoms with van der Waals surface area (Å²) in [6.45, 7) is 0.709. The van der Waals surface area contributed by atoms with Crippen LogP contribution >= 0.6 is 0 Å². The summed E-state index contributed by atoms with van der Waals surface area (Å²) >= 11 is 0. The summed E-state index contributed by atoms with van der Waals surface area (Å²) in [4.78, 5) is 4.84. The number of hydrogen-bond acceptors (Lipinski definition) is 4. The fourth-order valence-corrected chi connectivity index (χ4v) is 4.45. The molecule has 0 saturated heterocycles. The maximum Gasteiger partial charge on any atom is 0.225 e. The summed E-state index contributed by atoms with van der Waals surface area (Å²) in [6.07, 6.45) is 0.590. The molecule has 5 heteroatoms. The van der Waals surface area contributed by atoms with Crippen LogP contribution in [-0.2, 0) is 6.54 Å². The van der Waals surface area contributed by atoms with E-state index in [0.717, 1.165) is 39.6 Å². The molecule has 166 valence electrons. The fraction of sp³-hybridized carbons (Fsp3) is 0.103. The molecule has 0 fully saturated rings. The van der Waals surface area contributed by atoms with Crippen LogP contribution in [0, 0.1) is 0 Å². The van der Waals surface area contributed by atoms with Crippen molar-refractivity contribution in [2.45, 2.75) is 19.1 Å². The zero-order chi connectivity index (χ0) is 22.7. The first-order valence-electron chi connectivity index (χ1n) is 11.5. The van der Waals surface area contributed by atoms with Crippen molar-refractivity contribution in [1.82, 2.24) is 9.55 Å². The quantitative estimate of drug-likeness (QED) is 0.318. The van der Waals surface area contributed by atoms with E-state index in [1.54, 1.807) is 0 Å². The number of fused-ring (bicyclic) bond motifs is 2. The number of benzene rings is 4. The Kier molecular flexibility index (Phi) is 5.28. The van der Waals surface area contributed by atoms with Crippen molar-refractivity contribution in [1.29, 1.82) is 0 Å². The van der Waals surface area contributed by atoms with Gasteiger partial charge >= 0.3 is 0 Å². The SMILES string of the molecule is c1ccc(Cn2c(N/N=C3/CC(c4ccccc4)Oc4ccccc43)nc3ccccc32)cc1. The van der Waals surface area contributed by atoms with E-state index >= 15 is 0 Å². The topological polar surface area (TPSA) is 51.4 Å². The maximum absolute atomic E-state index is 6.32. The molecule has 0 bridgehead atoms. The smallest absolute Gasteiger partial charge is 0.225 e. The van der Waals surface area contributed by atoms with E-state index in [1.165, 1.54) is 5.56 Å². The predicted octanol–water partition coefficient (Wildman–Crippen LogP) is 6.42. The minimum Gasteiger partial charge on any atom is -0.485 e. The average molecular weight is 445 g/mol. The Morgan fingerprint density at radius 1 is 0.824 bits per heavy atom. The van der Waals surface area contributed by atoms with Crippen LogP contribution in [0.15, 0.2) is 114 Å². The first-order valence-corrected chi connectivity index (χ1v) is 11.5. The number of hydrogen-bond donors (Lipinski definition) is 1. The molecule has 1 aliphatic rings. The summed E-state index contributed by atoms with van der Waals surface area (Å²) in [7, 11) is 0. The van der Waals surface area contributed by atoms with Gasteiger partial charge in [-0.25, -0.2) is 10.4 Å². The minimum atomic E-state index is -0.0835. The van der Waals surface area contributed by atoms with Crippen molar-refractivity contribution >= 4 is 22.7 Å². The highest BCUT2D eigenvalue weighted by atomic mass is 16.5. The third-order valence-electron chi connectivity index (χ3n) is 6.15. The van der Waals surface area contributed by atoms with E-state index in [9.17, 15) is 0 Å². The highest BCUT2D eigenvalue weighted by molar-refractivity contribution is 6.04. The molecule has 1 aromatic heterocycles. The first kappa shape index (κ1) is 20.2. The van der Waals surface area contributed by atoms with Gasteiger partial charge in [0, 0.05) is 12.0 Å². The monoisotopic (exact) mass is 444 g/mol. The number of nitrogens with one attached hydrogen (secondary N) is 1. The lowest BCUT2D eigenvalue weighted by molar-refractivity contribution is 0.206. The van der Waals surface area contributed by atoms with Gasteiger partial charge in [-0.05, 0) is 35.4 Å². The lowest BCUT2D eigenvalue weighted by Gasteiger charge is -2.27. The second kappa shape index (κ2) is 8.87. The largest absolute Gasteiger partial charge is 0.485 e. The molecule has 1 atom stereocenters. The normalized spacial score (nSPS) is 16.2. The standard InChI is InChI=1S/C29H24N4O/c1-3-11-21(12-4-1)20-33-26-17-9-8-16-24(26)30-29(33)32-31-25-19-28(22-13-5-2-6-14-22)34-27-18-10-7-15-23(25)27/h1-18,28H,19-20H2,(H,30,32)/b31-25-. The van der Waals surface area contributed by atoms with E-state index in [0.29, 0.717) is 13.0 Å². The van der Waals surface area contributed by atoms with Crippen LogP contribution in [-0.4, -0.2) is 15.3 Å². The van der Waals surface area contributed by atoms with Gasteiger partial charge in [-0.2, -0.15) is 5.10 Å². The number of hydrazone groups is 1. The highest BCUT2D eigenvalue weighted by Crippen LogP contribution is 2.35. The van der Waals surface area contributed by atoms with Crippen molar-refractivity contribution in [3.8, 4) is 5.75 Å². The molecule has 34 heavy (non-hydrogen) atoms. The molecule has 0 aliphatic carbocycles. The summed E-state index contributed by atoms with van der Waals surface area (Å²) in [5.74, 6) is 1.57. The summed E-state index contributed by atoms with van der Waals surface area (Å²) in [6, 6.07) is 37.0.